The van der Waals surface area contributed by atoms with Crippen LogP contribution in [0.2, 0.25) is 0 Å². The third-order valence-corrected chi connectivity index (χ3v) is 7.58. The largest absolute Gasteiger partial charge is 0.321 e. The first-order valence-electron chi connectivity index (χ1n) is 10.3. The lowest BCUT2D eigenvalue weighted by atomic mass is 9.92. The molecule has 0 saturated heterocycles. The smallest absolute Gasteiger partial charge is 0.269 e. The third kappa shape index (κ3) is 3.31. The molecule has 1 saturated carbocycles. The van der Waals surface area contributed by atoms with Crippen molar-refractivity contribution in [2.45, 2.75) is 63.3 Å². The molecule has 1 N–H and O–H groups in total. The van der Waals surface area contributed by atoms with Gasteiger partial charge in [-0.05, 0) is 54.0 Å². The van der Waals surface area contributed by atoms with Crippen LogP contribution in [0.1, 0.15) is 84.2 Å². The lowest BCUT2D eigenvalue weighted by Gasteiger charge is -2.20. The van der Waals surface area contributed by atoms with Crippen molar-refractivity contribution in [3.8, 4) is 0 Å². The highest BCUT2D eigenvalue weighted by atomic mass is 32.2. The van der Waals surface area contributed by atoms with E-state index in [1.807, 2.05) is 18.2 Å². The topological polar surface area (TPSA) is 83.6 Å². The van der Waals surface area contributed by atoms with E-state index in [-0.39, 0.29) is 39.8 Å². The number of rotatable bonds is 5. The highest BCUT2D eigenvalue weighted by Gasteiger charge is 2.48. The molecule has 0 aromatic heterocycles. The highest BCUT2D eigenvalue weighted by molar-refractivity contribution is 7.90. The maximum Gasteiger partial charge on any atom is 0.269 e. The van der Waals surface area contributed by atoms with E-state index in [0.717, 1.165) is 21.1 Å². The predicted octanol–water partition coefficient (Wildman–Crippen LogP) is 4.49. The van der Waals surface area contributed by atoms with E-state index in [0.29, 0.717) is 12.8 Å². The lowest BCUT2D eigenvalue weighted by molar-refractivity contribution is 0.0864. The molecule has 0 spiro atoms. The number of para-hydroxylation sites is 1. The average Bonchev–Trinajstić information content (AvgIpc) is 3.48. The Hall–Kier alpha value is -2.67. The summed E-state index contributed by atoms with van der Waals surface area (Å²) in [7, 11) is -3.90. The van der Waals surface area contributed by atoms with Gasteiger partial charge in [-0.1, -0.05) is 45.9 Å². The number of benzene rings is 2. The van der Waals surface area contributed by atoms with E-state index in [9.17, 15) is 18.0 Å². The van der Waals surface area contributed by atoms with Crippen molar-refractivity contribution in [3.63, 3.8) is 0 Å². The second kappa shape index (κ2) is 7.23. The van der Waals surface area contributed by atoms with E-state index >= 15 is 0 Å². The van der Waals surface area contributed by atoms with Gasteiger partial charge in [0, 0.05) is 17.3 Å². The number of anilines is 1. The van der Waals surface area contributed by atoms with Crippen LogP contribution in [0.5, 0.6) is 0 Å². The minimum Gasteiger partial charge on any atom is -0.321 e. The summed E-state index contributed by atoms with van der Waals surface area (Å²) in [6, 6.07) is 10.0. The van der Waals surface area contributed by atoms with E-state index < -0.39 is 15.9 Å². The zero-order valence-electron chi connectivity index (χ0n) is 17.6. The van der Waals surface area contributed by atoms with Gasteiger partial charge in [0.05, 0.1) is 5.56 Å². The number of hydrogen-bond donors (Lipinski definition) is 1. The Kier molecular flexibility index (Phi) is 4.97. The molecular weight excluding hydrogens is 400 g/mol. The summed E-state index contributed by atoms with van der Waals surface area (Å²) in [6.07, 6.45) is 1.38. The first-order valence-corrected chi connectivity index (χ1v) is 11.7. The number of fused-ring (bicyclic) bond motifs is 1. The molecule has 30 heavy (non-hydrogen) atoms. The number of hydrogen-bond acceptors (Lipinski definition) is 4. The Balaban J connectivity index is 1.71. The van der Waals surface area contributed by atoms with Gasteiger partial charge in [-0.25, -0.2) is 12.7 Å². The van der Waals surface area contributed by atoms with Crippen molar-refractivity contribution in [2.75, 3.05) is 5.32 Å². The van der Waals surface area contributed by atoms with Crippen LogP contribution in [0.3, 0.4) is 0 Å². The van der Waals surface area contributed by atoms with Gasteiger partial charge in [-0.2, -0.15) is 0 Å². The molecule has 2 aromatic rings. The summed E-state index contributed by atoms with van der Waals surface area (Å²) in [4.78, 5) is 25.6. The Morgan fingerprint density at radius 1 is 1.03 bits per heavy atom. The highest BCUT2D eigenvalue weighted by Crippen LogP contribution is 2.40. The number of nitrogens with one attached hydrogen (secondary N) is 1. The number of nitrogens with zero attached hydrogens (tertiary/aromatic N) is 1. The Bertz CT molecular complexity index is 1120. The Labute approximate surface area is 177 Å². The molecule has 6 nitrogen and oxygen atoms in total. The van der Waals surface area contributed by atoms with Crippen LogP contribution in [-0.2, 0) is 10.0 Å². The molecule has 1 heterocycles. The lowest BCUT2D eigenvalue weighted by Crippen LogP contribution is -2.31. The van der Waals surface area contributed by atoms with Gasteiger partial charge in [-0.3, -0.25) is 9.59 Å². The monoisotopic (exact) mass is 426 g/mol. The van der Waals surface area contributed by atoms with Crippen LogP contribution in [0.15, 0.2) is 41.3 Å². The van der Waals surface area contributed by atoms with E-state index in [1.54, 1.807) is 0 Å². The number of amides is 2. The van der Waals surface area contributed by atoms with Gasteiger partial charge < -0.3 is 5.32 Å². The summed E-state index contributed by atoms with van der Waals surface area (Å²) in [5, 5.41) is 3.00. The van der Waals surface area contributed by atoms with Gasteiger partial charge in [0.1, 0.15) is 4.90 Å². The minimum absolute atomic E-state index is 0.0757. The Morgan fingerprint density at radius 3 is 2.17 bits per heavy atom. The average molecular weight is 427 g/mol. The summed E-state index contributed by atoms with van der Waals surface area (Å²) in [5.74, 6) is -0.458. The molecule has 4 rings (SSSR count). The predicted molar refractivity (Wildman–Crippen MR) is 115 cm³/mol. The van der Waals surface area contributed by atoms with Crippen molar-refractivity contribution in [3.05, 3.63) is 58.7 Å². The summed E-state index contributed by atoms with van der Waals surface area (Å²) < 4.78 is 26.7. The maximum absolute atomic E-state index is 13.1. The van der Waals surface area contributed by atoms with Gasteiger partial charge >= 0.3 is 0 Å². The third-order valence-electron chi connectivity index (χ3n) is 5.70. The summed E-state index contributed by atoms with van der Waals surface area (Å²) in [5.41, 5.74) is 3.18. The minimum atomic E-state index is -3.90. The summed E-state index contributed by atoms with van der Waals surface area (Å²) in [6.45, 7) is 8.26. The molecule has 1 fully saturated rings. The normalized spacial score (nSPS) is 17.5. The molecule has 1 aliphatic carbocycles. The Morgan fingerprint density at radius 2 is 1.63 bits per heavy atom. The number of carbonyl (C=O) groups excluding carboxylic acids is 2. The van der Waals surface area contributed by atoms with Crippen LogP contribution in [0, 0.1) is 0 Å². The van der Waals surface area contributed by atoms with Gasteiger partial charge in [0.25, 0.3) is 21.8 Å². The fourth-order valence-electron chi connectivity index (χ4n) is 3.94. The van der Waals surface area contributed by atoms with E-state index in [1.165, 1.54) is 18.2 Å². The van der Waals surface area contributed by atoms with Crippen molar-refractivity contribution in [1.82, 2.24) is 4.31 Å². The van der Waals surface area contributed by atoms with E-state index in [2.05, 4.69) is 33.0 Å². The molecule has 1 aliphatic heterocycles. The second-order valence-corrected chi connectivity index (χ2v) is 10.4. The molecule has 0 radical (unpaired) electrons. The number of sulfonamides is 1. The molecule has 0 atom stereocenters. The molecule has 2 aliphatic rings. The van der Waals surface area contributed by atoms with Gasteiger partial charge in [-0.15, -0.1) is 0 Å². The van der Waals surface area contributed by atoms with Crippen LogP contribution in [0.4, 0.5) is 5.69 Å². The van der Waals surface area contributed by atoms with E-state index in [4.69, 9.17) is 0 Å². The summed E-state index contributed by atoms with van der Waals surface area (Å²) >= 11 is 0. The van der Waals surface area contributed by atoms with Gasteiger partial charge in [0.2, 0.25) is 0 Å². The fraction of sp³-hybridized carbons (Fsp3) is 0.391. The fourth-order valence-corrected chi connectivity index (χ4v) is 5.78. The molecule has 7 heteroatoms. The molecule has 158 valence electrons. The van der Waals surface area contributed by atoms with Crippen molar-refractivity contribution < 1.29 is 18.0 Å². The van der Waals surface area contributed by atoms with Crippen LogP contribution in [0.25, 0.3) is 0 Å². The van der Waals surface area contributed by atoms with Gasteiger partial charge in [0.15, 0.2) is 0 Å². The number of carbonyl (C=O) groups is 2. The standard InChI is InChI=1S/C23H26N2O4S/c1-13(2)17-6-5-7-18(14(3)4)21(17)24-22(26)15-8-11-19-20(12-15)30(28,29)25(23(19)27)16-9-10-16/h5-8,11-14,16H,9-10H2,1-4H3,(H,24,26). The maximum atomic E-state index is 13.1. The van der Waals surface area contributed by atoms with Crippen LogP contribution in [-0.4, -0.2) is 30.6 Å². The first-order chi connectivity index (χ1) is 14.1. The molecule has 0 unspecified atom stereocenters. The molecule has 0 bridgehead atoms. The molecule has 2 amide bonds. The zero-order valence-corrected chi connectivity index (χ0v) is 18.4. The second-order valence-electron chi connectivity index (χ2n) is 8.62. The quantitative estimate of drug-likeness (QED) is 0.763. The first kappa shape index (κ1) is 20.6. The van der Waals surface area contributed by atoms with Crippen molar-refractivity contribution in [2.24, 2.45) is 0 Å². The van der Waals surface area contributed by atoms with Crippen LogP contribution >= 0.6 is 0 Å². The van der Waals surface area contributed by atoms with Crippen LogP contribution < -0.4 is 5.32 Å². The molecule has 2 aromatic carbocycles. The zero-order chi connectivity index (χ0) is 21.8. The molecular formula is C23H26N2O4S. The SMILES string of the molecule is CC(C)c1cccc(C(C)C)c1NC(=O)c1ccc2c(c1)S(=O)(=O)N(C1CC1)C2=O. The van der Waals surface area contributed by atoms with Crippen molar-refractivity contribution >= 4 is 27.5 Å². The van der Waals surface area contributed by atoms with Crippen molar-refractivity contribution in [1.29, 1.82) is 0 Å².